The third kappa shape index (κ3) is 5.92. The lowest BCUT2D eigenvalue weighted by molar-refractivity contribution is 0.588. The van der Waals surface area contributed by atoms with Crippen LogP contribution in [-0.4, -0.2) is 0 Å². The Morgan fingerprint density at radius 2 is 1.34 bits per heavy atom. The second-order valence-corrected chi connectivity index (χ2v) is 8.94. The number of allylic oxidation sites excluding steroid dienone is 2. The summed E-state index contributed by atoms with van der Waals surface area (Å²) in [4.78, 5) is 0. The third-order valence-electron chi connectivity index (χ3n) is 6.40. The first-order valence-corrected chi connectivity index (χ1v) is 12.0. The van der Waals surface area contributed by atoms with Crippen LogP contribution in [0, 0.1) is 17.5 Å². The number of aryl methyl sites for hydroxylation is 1. The van der Waals surface area contributed by atoms with Crippen LogP contribution in [0.4, 0.5) is 13.2 Å². The second-order valence-electron chi connectivity index (χ2n) is 8.94. The van der Waals surface area contributed by atoms with Gasteiger partial charge in [0.1, 0.15) is 17.5 Å². The molecule has 0 radical (unpaired) electrons. The zero-order valence-corrected chi connectivity index (χ0v) is 20.1. The van der Waals surface area contributed by atoms with Crippen LogP contribution in [0.15, 0.2) is 97.1 Å². The van der Waals surface area contributed by atoms with Gasteiger partial charge in [0.25, 0.3) is 0 Å². The second kappa shape index (κ2) is 11.2. The van der Waals surface area contributed by atoms with E-state index in [-0.39, 0.29) is 11.1 Å². The summed E-state index contributed by atoms with van der Waals surface area (Å²) in [6.45, 7) is 4.10. The SMILES string of the molecule is CC=CCCc1ccc(-c2c(F)cc(-c3ccc(C[C@H](C)c4ccccc4)cc3)cc2F)cc1F. The van der Waals surface area contributed by atoms with Gasteiger partial charge in [-0.1, -0.05) is 85.8 Å². The average molecular weight is 471 g/mol. The van der Waals surface area contributed by atoms with E-state index in [0.29, 0.717) is 29.9 Å². The summed E-state index contributed by atoms with van der Waals surface area (Å²) in [6, 6.07) is 25.1. The van der Waals surface area contributed by atoms with Crippen molar-refractivity contribution in [2.45, 2.75) is 39.0 Å². The summed E-state index contributed by atoms with van der Waals surface area (Å²) < 4.78 is 44.6. The molecule has 0 N–H and O–H groups in total. The van der Waals surface area contributed by atoms with Crippen LogP contribution in [0.25, 0.3) is 22.3 Å². The molecule has 3 heteroatoms. The van der Waals surface area contributed by atoms with Crippen molar-refractivity contribution in [1.82, 2.24) is 0 Å². The molecule has 0 spiro atoms. The predicted molar refractivity (Wildman–Crippen MR) is 139 cm³/mol. The first-order valence-electron chi connectivity index (χ1n) is 12.0. The molecule has 0 saturated carbocycles. The van der Waals surface area contributed by atoms with Gasteiger partial charge in [-0.25, -0.2) is 13.2 Å². The van der Waals surface area contributed by atoms with Crippen molar-refractivity contribution < 1.29 is 13.2 Å². The van der Waals surface area contributed by atoms with E-state index < -0.39 is 17.5 Å². The molecular weight excluding hydrogens is 441 g/mol. The van der Waals surface area contributed by atoms with Gasteiger partial charge in [-0.3, -0.25) is 0 Å². The fourth-order valence-corrected chi connectivity index (χ4v) is 4.41. The van der Waals surface area contributed by atoms with Gasteiger partial charge in [0.15, 0.2) is 0 Å². The zero-order valence-electron chi connectivity index (χ0n) is 20.1. The summed E-state index contributed by atoms with van der Waals surface area (Å²) >= 11 is 0. The van der Waals surface area contributed by atoms with E-state index in [1.165, 1.54) is 23.8 Å². The van der Waals surface area contributed by atoms with Crippen molar-refractivity contribution in [1.29, 1.82) is 0 Å². The van der Waals surface area contributed by atoms with Crippen LogP contribution in [0.1, 0.15) is 42.9 Å². The minimum absolute atomic E-state index is 0.198. The van der Waals surface area contributed by atoms with Gasteiger partial charge in [0.2, 0.25) is 0 Å². The van der Waals surface area contributed by atoms with E-state index in [9.17, 15) is 4.39 Å². The van der Waals surface area contributed by atoms with Crippen LogP contribution in [-0.2, 0) is 12.8 Å². The molecule has 35 heavy (non-hydrogen) atoms. The molecule has 0 saturated heterocycles. The Balaban J connectivity index is 1.53. The molecular formula is C32H29F3. The Kier molecular flexibility index (Phi) is 7.87. The summed E-state index contributed by atoms with van der Waals surface area (Å²) in [5.41, 5.74) is 4.15. The van der Waals surface area contributed by atoms with Crippen molar-refractivity contribution in [3.05, 3.63) is 131 Å². The fourth-order valence-electron chi connectivity index (χ4n) is 4.41. The maximum absolute atomic E-state index is 15.0. The largest absolute Gasteiger partial charge is 0.207 e. The van der Waals surface area contributed by atoms with Crippen LogP contribution in [0.2, 0.25) is 0 Å². The van der Waals surface area contributed by atoms with Gasteiger partial charge >= 0.3 is 0 Å². The highest BCUT2D eigenvalue weighted by Crippen LogP contribution is 2.32. The molecule has 0 amide bonds. The van der Waals surface area contributed by atoms with Crippen LogP contribution >= 0.6 is 0 Å². The average Bonchev–Trinajstić information content (AvgIpc) is 2.86. The molecule has 0 aliphatic carbocycles. The summed E-state index contributed by atoms with van der Waals surface area (Å²) in [6.07, 6.45) is 6.01. The maximum atomic E-state index is 15.0. The van der Waals surface area contributed by atoms with E-state index >= 15 is 8.78 Å². The first-order chi connectivity index (χ1) is 17.0. The van der Waals surface area contributed by atoms with Gasteiger partial charge in [-0.2, -0.15) is 0 Å². The van der Waals surface area contributed by atoms with E-state index in [4.69, 9.17) is 0 Å². The molecule has 4 aromatic carbocycles. The number of halogens is 3. The van der Waals surface area contributed by atoms with E-state index in [2.05, 4.69) is 19.1 Å². The highest BCUT2D eigenvalue weighted by molar-refractivity contribution is 5.72. The smallest absolute Gasteiger partial charge is 0.134 e. The van der Waals surface area contributed by atoms with Gasteiger partial charge in [0, 0.05) is 0 Å². The van der Waals surface area contributed by atoms with Crippen LogP contribution in [0.3, 0.4) is 0 Å². The van der Waals surface area contributed by atoms with Gasteiger partial charge in [-0.05, 0) is 83.7 Å². The lowest BCUT2D eigenvalue weighted by atomic mass is 9.92. The Hall–Kier alpha value is -3.59. The molecule has 0 aromatic heterocycles. The number of rotatable bonds is 8. The molecule has 4 rings (SSSR count). The van der Waals surface area contributed by atoms with Crippen LogP contribution < -0.4 is 0 Å². The molecule has 0 bridgehead atoms. The van der Waals surface area contributed by atoms with Gasteiger partial charge < -0.3 is 0 Å². The number of benzene rings is 4. The van der Waals surface area contributed by atoms with Gasteiger partial charge in [0.05, 0.1) is 5.56 Å². The standard InChI is InChI=1S/C32H29F3/c1-3-4-6-11-26-16-17-27(19-29(26)33)32-30(34)20-28(21-31(32)35)25-14-12-23(13-15-25)18-22(2)24-9-7-5-8-10-24/h3-5,7-10,12-17,19-22H,6,11,18H2,1-2H3/t22-/m0/s1. The molecule has 0 aliphatic rings. The quantitative estimate of drug-likeness (QED) is 0.225. The molecule has 0 aliphatic heterocycles. The van der Waals surface area contributed by atoms with E-state index in [1.807, 2.05) is 61.5 Å². The lowest BCUT2D eigenvalue weighted by Gasteiger charge is -2.13. The Morgan fingerprint density at radius 1 is 0.714 bits per heavy atom. The molecule has 4 aromatic rings. The highest BCUT2D eigenvalue weighted by Gasteiger charge is 2.16. The van der Waals surface area contributed by atoms with Crippen molar-refractivity contribution in [3.63, 3.8) is 0 Å². The molecule has 1 atom stereocenters. The molecule has 0 nitrogen and oxygen atoms in total. The topological polar surface area (TPSA) is 0 Å². The van der Waals surface area contributed by atoms with Gasteiger partial charge in [-0.15, -0.1) is 0 Å². The first kappa shape index (κ1) is 24.5. The Labute approximate surface area is 205 Å². The third-order valence-corrected chi connectivity index (χ3v) is 6.40. The summed E-state index contributed by atoms with van der Waals surface area (Å²) in [5.74, 6) is -1.49. The van der Waals surface area contributed by atoms with Crippen LogP contribution in [0.5, 0.6) is 0 Å². The number of hydrogen-bond acceptors (Lipinski definition) is 0. The molecule has 178 valence electrons. The predicted octanol–water partition coefficient (Wildman–Crippen LogP) is 9.29. The Bertz CT molecular complexity index is 1280. The lowest BCUT2D eigenvalue weighted by Crippen LogP contribution is -1.98. The molecule has 0 unspecified atom stereocenters. The van der Waals surface area contributed by atoms with Crippen molar-refractivity contribution in [2.75, 3.05) is 0 Å². The minimum Gasteiger partial charge on any atom is -0.207 e. The normalized spacial score (nSPS) is 12.3. The van der Waals surface area contributed by atoms with E-state index in [0.717, 1.165) is 17.5 Å². The zero-order chi connectivity index (χ0) is 24.8. The Morgan fingerprint density at radius 3 is 1.97 bits per heavy atom. The van der Waals surface area contributed by atoms with Crippen molar-refractivity contribution >= 4 is 0 Å². The highest BCUT2D eigenvalue weighted by atomic mass is 19.1. The summed E-state index contributed by atoms with van der Waals surface area (Å²) in [7, 11) is 0. The van der Waals surface area contributed by atoms with E-state index in [1.54, 1.807) is 12.1 Å². The minimum atomic E-state index is -0.706. The fraction of sp³-hybridized carbons (Fsp3) is 0.188. The van der Waals surface area contributed by atoms with Crippen molar-refractivity contribution in [3.8, 4) is 22.3 Å². The summed E-state index contributed by atoms with van der Waals surface area (Å²) in [5, 5.41) is 0. The molecule has 0 heterocycles. The van der Waals surface area contributed by atoms with Crippen molar-refractivity contribution in [2.24, 2.45) is 0 Å². The maximum Gasteiger partial charge on any atom is 0.134 e. The monoisotopic (exact) mass is 470 g/mol. The number of hydrogen-bond donors (Lipinski definition) is 0. The molecule has 0 fully saturated rings.